The van der Waals surface area contributed by atoms with Gasteiger partial charge in [-0.1, -0.05) is 18.2 Å². The molecule has 0 radical (unpaired) electrons. The van der Waals surface area contributed by atoms with Crippen molar-refractivity contribution in [3.8, 4) is 0 Å². The molecule has 1 amide bonds. The number of aromatic nitrogens is 3. The molecule has 0 aromatic carbocycles. The zero-order chi connectivity index (χ0) is 13.8. The zero-order valence-electron chi connectivity index (χ0n) is 11.3. The Morgan fingerprint density at radius 3 is 3.20 bits per heavy atom. The van der Waals surface area contributed by atoms with Gasteiger partial charge < -0.3 is 5.32 Å². The molecule has 0 fully saturated rings. The lowest BCUT2D eigenvalue weighted by atomic mass is 10.1. The van der Waals surface area contributed by atoms with Crippen LogP contribution in [0.3, 0.4) is 0 Å². The highest BCUT2D eigenvalue weighted by Gasteiger charge is 2.13. The number of pyridine rings is 1. The first-order valence-corrected chi connectivity index (χ1v) is 7.05. The Morgan fingerprint density at radius 1 is 1.40 bits per heavy atom. The number of amides is 1. The van der Waals surface area contributed by atoms with Crippen molar-refractivity contribution in [2.45, 2.75) is 25.7 Å². The summed E-state index contributed by atoms with van der Waals surface area (Å²) in [5.41, 5.74) is 0.838. The Hall–Kier alpha value is -2.17. The predicted molar refractivity (Wildman–Crippen MR) is 76.2 cm³/mol. The van der Waals surface area contributed by atoms with Crippen LogP contribution >= 0.6 is 0 Å². The molecule has 1 atom stereocenters. The summed E-state index contributed by atoms with van der Waals surface area (Å²) in [6.07, 6.45) is 9.72. The number of nitrogens with zero attached hydrogens (tertiary/aromatic N) is 3. The molecule has 104 valence electrons. The van der Waals surface area contributed by atoms with Gasteiger partial charge in [0.25, 0.3) is 0 Å². The van der Waals surface area contributed by atoms with Crippen LogP contribution in [-0.2, 0) is 11.2 Å². The molecule has 1 N–H and O–H groups in total. The molecular formula is C15H18N4O. The Balaban J connectivity index is 1.49. The molecular weight excluding hydrogens is 252 g/mol. The number of carbonyl (C=O) groups excluding carboxylic acids is 1. The molecule has 5 heteroatoms. The fraction of sp³-hybridized carbons (Fsp3) is 0.400. The van der Waals surface area contributed by atoms with Gasteiger partial charge in [-0.15, -0.1) is 10.2 Å². The van der Waals surface area contributed by atoms with E-state index in [0.29, 0.717) is 25.3 Å². The van der Waals surface area contributed by atoms with E-state index in [9.17, 15) is 4.79 Å². The van der Waals surface area contributed by atoms with Crippen LogP contribution in [0.1, 0.15) is 25.1 Å². The van der Waals surface area contributed by atoms with Gasteiger partial charge in [-0.25, -0.2) is 0 Å². The molecule has 2 aromatic heterocycles. The molecule has 1 aliphatic carbocycles. The van der Waals surface area contributed by atoms with Crippen LogP contribution in [0.4, 0.5) is 0 Å². The van der Waals surface area contributed by atoms with Crippen LogP contribution in [0.5, 0.6) is 0 Å². The van der Waals surface area contributed by atoms with E-state index in [1.165, 1.54) is 0 Å². The van der Waals surface area contributed by atoms with Crippen LogP contribution in [0.25, 0.3) is 5.65 Å². The number of hydrogen-bond donors (Lipinski definition) is 1. The quantitative estimate of drug-likeness (QED) is 0.842. The summed E-state index contributed by atoms with van der Waals surface area (Å²) in [6.45, 7) is 0.602. The van der Waals surface area contributed by atoms with Gasteiger partial charge >= 0.3 is 0 Å². The van der Waals surface area contributed by atoms with E-state index in [0.717, 1.165) is 24.3 Å². The monoisotopic (exact) mass is 270 g/mol. The van der Waals surface area contributed by atoms with Crippen molar-refractivity contribution in [3.05, 3.63) is 42.4 Å². The molecule has 0 unspecified atom stereocenters. The highest BCUT2D eigenvalue weighted by molar-refractivity contribution is 5.76. The van der Waals surface area contributed by atoms with E-state index in [1.54, 1.807) is 0 Å². The molecule has 0 aliphatic heterocycles. The van der Waals surface area contributed by atoms with Gasteiger partial charge in [-0.3, -0.25) is 9.20 Å². The first kappa shape index (κ1) is 12.8. The maximum Gasteiger partial charge on any atom is 0.220 e. The smallest absolute Gasteiger partial charge is 0.220 e. The van der Waals surface area contributed by atoms with Crippen LogP contribution in [0.15, 0.2) is 36.5 Å². The molecule has 0 saturated heterocycles. The van der Waals surface area contributed by atoms with E-state index >= 15 is 0 Å². The van der Waals surface area contributed by atoms with Crippen molar-refractivity contribution in [1.29, 1.82) is 0 Å². The number of rotatable bonds is 5. The molecule has 5 nitrogen and oxygen atoms in total. The lowest BCUT2D eigenvalue weighted by Gasteiger charge is -2.08. The van der Waals surface area contributed by atoms with Crippen molar-refractivity contribution in [1.82, 2.24) is 19.9 Å². The Bertz CT molecular complexity index is 632. The maximum absolute atomic E-state index is 11.8. The normalized spacial score (nSPS) is 17.7. The van der Waals surface area contributed by atoms with E-state index < -0.39 is 0 Å². The van der Waals surface area contributed by atoms with Crippen LogP contribution < -0.4 is 5.32 Å². The van der Waals surface area contributed by atoms with Gasteiger partial charge in [0.15, 0.2) is 5.65 Å². The largest absolute Gasteiger partial charge is 0.356 e. The van der Waals surface area contributed by atoms with Gasteiger partial charge in [-0.2, -0.15) is 0 Å². The highest BCUT2D eigenvalue weighted by Crippen LogP contribution is 2.19. The standard InChI is InChI=1S/C15H18N4O/c20-15(11-12-5-1-2-6-12)16-9-8-14-18-17-13-7-3-4-10-19(13)14/h1,3-5,7,10,12H,2,6,8-9,11H2,(H,16,20)/t12-/m1/s1. The third-order valence-electron chi connectivity index (χ3n) is 3.62. The second-order valence-corrected chi connectivity index (χ2v) is 5.11. The average Bonchev–Trinajstić information content (AvgIpc) is 3.09. The molecule has 0 spiro atoms. The summed E-state index contributed by atoms with van der Waals surface area (Å²) in [6, 6.07) is 5.80. The Labute approximate surface area is 117 Å². The molecule has 0 bridgehead atoms. The van der Waals surface area contributed by atoms with Crippen LogP contribution in [0.2, 0.25) is 0 Å². The van der Waals surface area contributed by atoms with Crippen molar-refractivity contribution >= 4 is 11.6 Å². The fourth-order valence-corrected chi connectivity index (χ4v) is 2.55. The molecule has 3 rings (SSSR count). The summed E-state index contributed by atoms with van der Waals surface area (Å²) >= 11 is 0. The number of fused-ring (bicyclic) bond motifs is 1. The predicted octanol–water partition coefficient (Wildman–Crippen LogP) is 1.74. The second-order valence-electron chi connectivity index (χ2n) is 5.11. The first-order valence-electron chi connectivity index (χ1n) is 7.05. The zero-order valence-corrected chi connectivity index (χ0v) is 11.3. The Kier molecular flexibility index (Phi) is 3.76. The topological polar surface area (TPSA) is 59.3 Å². The summed E-state index contributed by atoms with van der Waals surface area (Å²) in [4.78, 5) is 11.8. The molecule has 0 saturated carbocycles. The SMILES string of the molecule is O=C(C[C@@H]1C=CCC1)NCCc1nnc2ccccn12. The van der Waals surface area contributed by atoms with E-state index in [4.69, 9.17) is 0 Å². The summed E-state index contributed by atoms with van der Waals surface area (Å²) < 4.78 is 1.95. The minimum atomic E-state index is 0.121. The fourth-order valence-electron chi connectivity index (χ4n) is 2.55. The molecule has 2 heterocycles. The Morgan fingerprint density at radius 2 is 2.35 bits per heavy atom. The third kappa shape index (κ3) is 2.87. The van der Waals surface area contributed by atoms with Gasteiger partial charge in [0.1, 0.15) is 5.82 Å². The minimum Gasteiger partial charge on any atom is -0.356 e. The van der Waals surface area contributed by atoms with E-state index in [2.05, 4.69) is 27.7 Å². The van der Waals surface area contributed by atoms with Crippen molar-refractivity contribution < 1.29 is 4.79 Å². The van der Waals surface area contributed by atoms with Crippen LogP contribution in [-0.4, -0.2) is 27.0 Å². The second kappa shape index (κ2) is 5.86. The lowest BCUT2D eigenvalue weighted by molar-refractivity contribution is -0.121. The molecule has 1 aliphatic rings. The number of nitrogens with one attached hydrogen (secondary N) is 1. The third-order valence-corrected chi connectivity index (χ3v) is 3.62. The van der Waals surface area contributed by atoms with Crippen molar-refractivity contribution in [2.24, 2.45) is 5.92 Å². The van der Waals surface area contributed by atoms with Crippen molar-refractivity contribution in [3.63, 3.8) is 0 Å². The molecule has 20 heavy (non-hydrogen) atoms. The number of allylic oxidation sites excluding steroid dienone is 2. The van der Waals surface area contributed by atoms with Crippen LogP contribution in [0, 0.1) is 5.92 Å². The maximum atomic E-state index is 11.8. The highest BCUT2D eigenvalue weighted by atomic mass is 16.1. The van der Waals surface area contributed by atoms with Gasteiger partial charge in [0.2, 0.25) is 5.91 Å². The van der Waals surface area contributed by atoms with Crippen molar-refractivity contribution in [2.75, 3.05) is 6.54 Å². The average molecular weight is 270 g/mol. The summed E-state index contributed by atoms with van der Waals surface area (Å²) in [5.74, 6) is 1.42. The lowest BCUT2D eigenvalue weighted by Crippen LogP contribution is -2.27. The van der Waals surface area contributed by atoms with Gasteiger partial charge in [0, 0.05) is 25.6 Å². The minimum absolute atomic E-state index is 0.121. The first-order chi connectivity index (χ1) is 9.83. The van der Waals surface area contributed by atoms with E-state index in [1.807, 2.05) is 28.8 Å². The molecule has 2 aromatic rings. The summed E-state index contributed by atoms with van der Waals surface area (Å²) in [5, 5.41) is 11.2. The summed E-state index contributed by atoms with van der Waals surface area (Å²) in [7, 11) is 0. The number of hydrogen-bond acceptors (Lipinski definition) is 3. The van der Waals surface area contributed by atoms with Gasteiger partial charge in [0.05, 0.1) is 0 Å². The van der Waals surface area contributed by atoms with Gasteiger partial charge in [-0.05, 0) is 30.9 Å². The van der Waals surface area contributed by atoms with E-state index in [-0.39, 0.29) is 5.91 Å². The number of carbonyl (C=O) groups is 1.